The molecule has 0 aliphatic heterocycles. The van der Waals surface area contributed by atoms with Crippen molar-refractivity contribution in [2.24, 2.45) is 10.9 Å². The van der Waals surface area contributed by atoms with Crippen LogP contribution in [-0.2, 0) is 0 Å². The predicted octanol–water partition coefficient (Wildman–Crippen LogP) is 7.19. The van der Waals surface area contributed by atoms with Gasteiger partial charge >= 0.3 is 0 Å². The molecule has 0 amide bonds. The van der Waals surface area contributed by atoms with E-state index in [-0.39, 0.29) is 6.04 Å². The van der Waals surface area contributed by atoms with Crippen LogP contribution in [0.15, 0.2) is 120 Å². The number of hydrogen-bond acceptors (Lipinski definition) is 2. The summed E-state index contributed by atoms with van der Waals surface area (Å²) in [7, 11) is 0. The second-order valence-electron chi connectivity index (χ2n) is 7.86. The fourth-order valence-electron chi connectivity index (χ4n) is 4.08. The minimum Gasteiger partial charge on any atom is -0.284 e. The van der Waals surface area contributed by atoms with Gasteiger partial charge in [-0.2, -0.15) is 0 Å². The zero-order valence-electron chi connectivity index (χ0n) is 17.3. The van der Waals surface area contributed by atoms with Crippen molar-refractivity contribution in [3.05, 3.63) is 126 Å². The summed E-state index contributed by atoms with van der Waals surface area (Å²) in [6, 6.07) is 31.6. The van der Waals surface area contributed by atoms with E-state index >= 15 is 0 Å². The summed E-state index contributed by atoms with van der Waals surface area (Å²) >= 11 is 0. The normalized spacial score (nSPS) is 16.7. The molecule has 0 bridgehead atoms. The topological polar surface area (TPSA) is 25.2 Å². The fraction of sp³-hybridized carbons (Fsp3) is 0.103. The fourth-order valence-corrected chi connectivity index (χ4v) is 4.08. The zero-order valence-corrected chi connectivity index (χ0v) is 17.3. The van der Waals surface area contributed by atoms with Gasteiger partial charge in [0.15, 0.2) is 0 Å². The van der Waals surface area contributed by atoms with Crippen molar-refractivity contribution in [3.63, 3.8) is 0 Å². The van der Waals surface area contributed by atoms with Crippen molar-refractivity contribution in [2.45, 2.75) is 12.5 Å². The minimum atomic E-state index is 0.0988. The summed E-state index contributed by atoms with van der Waals surface area (Å²) < 4.78 is 0. The third kappa shape index (κ3) is 4.39. The molecule has 2 heteroatoms. The summed E-state index contributed by atoms with van der Waals surface area (Å²) in [5.74, 6) is 0.368. The molecule has 150 valence electrons. The lowest BCUT2D eigenvalue weighted by Gasteiger charge is -2.22. The SMILES string of the molecule is C1=CCC(C(N=Cc2ccc3ccc(-c4ccccc4)nc3c2)c2ccccc2)C=C1. The van der Waals surface area contributed by atoms with Crippen molar-refractivity contribution in [2.75, 3.05) is 0 Å². The first-order chi connectivity index (χ1) is 15.4. The van der Waals surface area contributed by atoms with E-state index in [1.54, 1.807) is 0 Å². The molecular formula is C29H24N2. The summed E-state index contributed by atoms with van der Waals surface area (Å²) in [4.78, 5) is 9.94. The van der Waals surface area contributed by atoms with Crippen LogP contribution in [-0.4, -0.2) is 11.2 Å². The Morgan fingerprint density at radius 3 is 2.39 bits per heavy atom. The molecule has 1 heterocycles. The molecule has 0 saturated heterocycles. The van der Waals surface area contributed by atoms with Crippen LogP contribution in [0.1, 0.15) is 23.6 Å². The summed E-state index contributed by atoms with van der Waals surface area (Å²) in [6.07, 6.45) is 11.7. The van der Waals surface area contributed by atoms with Gasteiger partial charge in [-0.3, -0.25) is 4.99 Å². The van der Waals surface area contributed by atoms with E-state index in [1.165, 1.54) is 5.56 Å². The van der Waals surface area contributed by atoms with E-state index in [0.29, 0.717) is 5.92 Å². The lowest BCUT2D eigenvalue weighted by molar-refractivity contribution is 0.528. The van der Waals surface area contributed by atoms with Crippen molar-refractivity contribution >= 4 is 17.1 Å². The van der Waals surface area contributed by atoms with Gasteiger partial charge in [0.1, 0.15) is 0 Å². The predicted molar refractivity (Wildman–Crippen MR) is 130 cm³/mol. The van der Waals surface area contributed by atoms with E-state index in [4.69, 9.17) is 9.98 Å². The number of fused-ring (bicyclic) bond motifs is 1. The average molecular weight is 401 g/mol. The van der Waals surface area contributed by atoms with Gasteiger partial charge in [-0.15, -0.1) is 0 Å². The molecule has 3 aromatic carbocycles. The van der Waals surface area contributed by atoms with Crippen LogP contribution in [0.3, 0.4) is 0 Å². The molecule has 0 saturated carbocycles. The van der Waals surface area contributed by atoms with Gasteiger partial charge in [-0.1, -0.05) is 103 Å². The first-order valence-electron chi connectivity index (χ1n) is 10.7. The second kappa shape index (κ2) is 8.93. The Morgan fingerprint density at radius 2 is 1.61 bits per heavy atom. The van der Waals surface area contributed by atoms with Gasteiger partial charge < -0.3 is 0 Å². The molecule has 0 spiro atoms. The standard InChI is InChI=1S/C29H24N2/c1-4-10-23(11-5-1)27-19-18-24-17-16-22(20-28(24)31-27)21-30-29(25-12-6-2-7-13-25)26-14-8-3-9-15-26/h1-14,16-21,26,29H,15H2. The highest BCUT2D eigenvalue weighted by molar-refractivity contribution is 5.89. The number of hydrogen-bond donors (Lipinski definition) is 0. The molecule has 0 fully saturated rings. The molecular weight excluding hydrogens is 376 g/mol. The monoisotopic (exact) mass is 400 g/mol. The summed E-state index contributed by atoms with van der Waals surface area (Å²) in [6.45, 7) is 0. The third-order valence-electron chi connectivity index (χ3n) is 5.73. The minimum absolute atomic E-state index is 0.0988. The lowest BCUT2D eigenvalue weighted by Crippen LogP contribution is -2.10. The Hall–Kier alpha value is -3.78. The maximum Gasteiger partial charge on any atom is 0.0814 e. The van der Waals surface area contributed by atoms with E-state index in [0.717, 1.165) is 34.1 Å². The first-order valence-corrected chi connectivity index (χ1v) is 10.7. The number of benzene rings is 3. The molecule has 1 aliphatic carbocycles. The van der Waals surface area contributed by atoms with Crippen LogP contribution in [0.25, 0.3) is 22.2 Å². The Bertz CT molecular complexity index is 1250. The van der Waals surface area contributed by atoms with Crippen LogP contribution in [0, 0.1) is 5.92 Å². The zero-order chi connectivity index (χ0) is 20.9. The third-order valence-corrected chi connectivity index (χ3v) is 5.73. The van der Waals surface area contributed by atoms with Crippen LogP contribution in [0.5, 0.6) is 0 Å². The van der Waals surface area contributed by atoms with E-state index < -0.39 is 0 Å². The molecule has 2 unspecified atom stereocenters. The molecule has 2 nitrogen and oxygen atoms in total. The molecule has 5 rings (SSSR count). The lowest BCUT2D eigenvalue weighted by atomic mass is 9.88. The van der Waals surface area contributed by atoms with Gasteiger partial charge in [0, 0.05) is 23.1 Å². The van der Waals surface area contributed by atoms with Gasteiger partial charge in [-0.05, 0) is 29.7 Å². The highest BCUT2D eigenvalue weighted by atomic mass is 14.8. The summed E-state index contributed by atoms with van der Waals surface area (Å²) in [5, 5.41) is 1.14. The Labute approximate surface area is 183 Å². The van der Waals surface area contributed by atoms with Gasteiger partial charge in [0.05, 0.1) is 17.3 Å². The van der Waals surface area contributed by atoms with E-state index in [1.807, 2.05) is 24.4 Å². The maximum absolute atomic E-state index is 5.04. The van der Waals surface area contributed by atoms with Gasteiger partial charge in [0.2, 0.25) is 0 Å². The number of pyridine rings is 1. The highest BCUT2D eigenvalue weighted by Gasteiger charge is 2.19. The number of allylic oxidation sites excluding steroid dienone is 3. The molecule has 31 heavy (non-hydrogen) atoms. The Balaban J connectivity index is 1.47. The van der Waals surface area contributed by atoms with Crippen molar-refractivity contribution in [1.29, 1.82) is 0 Å². The largest absolute Gasteiger partial charge is 0.284 e. The van der Waals surface area contributed by atoms with Crippen molar-refractivity contribution < 1.29 is 0 Å². The van der Waals surface area contributed by atoms with Crippen molar-refractivity contribution in [3.8, 4) is 11.3 Å². The van der Waals surface area contributed by atoms with Crippen LogP contribution < -0.4 is 0 Å². The van der Waals surface area contributed by atoms with Gasteiger partial charge in [-0.25, -0.2) is 4.98 Å². The maximum atomic E-state index is 5.04. The van der Waals surface area contributed by atoms with Gasteiger partial charge in [0.25, 0.3) is 0 Å². The Kier molecular flexibility index (Phi) is 5.53. The molecule has 1 aromatic heterocycles. The quantitative estimate of drug-likeness (QED) is 0.325. The van der Waals surface area contributed by atoms with E-state index in [9.17, 15) is 0 Å². The number of aliphatic imine (C=N–C) groups is 1. The molecule has 1 aliphatic rings. The second-order valence-corrected chi connectivity index (χ2v) is 7.86. The molecule has 0 N–H and O–H groups in total. The molecule has 2 atom stereocenters. The highest BCUT2D eigenvalue weighted by Crippen LogP contribution is 2.32. The van der Waals surface area contributed by atoms with Crippen LogP contribution in [0.2, 0.25) is 0 Å². The Morgan fingerprint density at radius 1 is 0.839 bits per heavy atom. The smallest absolute Gasteiger partial charge is 0.0814 e. The molecule has 4 aromatic rings. The average Bonchev–Trinajstić information content (AvgIpc) is 2.85. The van der Waals surface area contributed by atoms with Crippen molar-refractivity contribution in [1.82, 2.24) is 4.98 Å². The van der Waals surface area contributed by atoms with Crippen LogP contribution in [0.4, 0.5) is 0 Å². The van der Waals surface area contributed by atoms with E-state index in [2.05, 4.69) is 97.1 Å². The molecule has 0 radical (unpaired) electrons. The number of rotatable bonds is 5. The number of nitrogens with zero attached hydrogens (tertiary/aromatic N) is 2. The van der Waals surface area contributed by atoms with Crippen LogP contribution >= 0.6 is 0 Å². The summed E-state index contributed by atoms with van der Waals surface area (Å²) in [5.41, 5.74) is 5.42. The number of aromatic nitrogens is 1. The first kappa shape index (κ1) is 19.2.